The normalized spacial score (nSPS) is 16.2. The summed E-state index contributed by atoms with van der Waals surface area (Å²) in [6.07, 6.45) is 2.78. The van der Waals surface area contributed by atoms with Crippen LogP contribution in [0.2, 0.25) is 0 Å². The van der Waals surface area contributed by atoms with Gasteiger partial charge in [-0.3, -0.25) is 9.69 Å². The summed E-state index contributed by atoms with van der Waals surface area (Å²) in [6, 6.07) is -0.360. The van der Waals surface area contributed by atoms with Crippen LogP contribution in [0.4, 0.5) is 0 Å². The van der Waals surface area contributed by atoms with Gasteiger partial charge in [0.25, 0.3) is 0 Å². The average Bonchev–Trinajstić information content (AvgIpc) is 2.84. The Labute approximate surface area is 160 Å². The van der Waals surface area contributed by atoms with Gasteiger partial charge in [0.1, 0.15) is 5.76 Å². The maximum atomic E-state index is 12.3. The van der Waals surface area contributed by atoms with Gasteiger partial charge in [0.05, 0.1) is 11.7 Å². The Morgan fingerprint density at radius 2 is 1.92 bits per heavy atom. The molecule has 9 heteroatoms. The molecule has 1 fully saturated rings. The van der Waals surface area contributed by atoms with Crippen LogP contribution in [0.3, 0.4) is 0 Å². The predicted octanol–water partition coefficient (Wildman–Crippen LogP) is 1.86. The third kappa shape index (κ3) is 6.11. The van der Waals surface area contributed by atoms with E-state index in [0.717, 1.165) is 61.9 Å². The maximum Gasteiger partial charge on any atom is 0.239 e. The summed E-state index contributed by atoms with van der Waals surface area (Å²) in [5.41, 5.74) is 8.10. The Bertz CT molecular complexity index is 488. The van der Waals surface area contributed by atoms with Gasteiger partial charge in [-0.1, -0.05) is 5.16 Å². The van der Waals surface area contributed by atoms with Crippen LogP contribution in [0.5, 0.6) is 0 Å². The van der Waals surface area contributed by atoms with Crippen molar-refractivity contribution in [3.63, 3.8) is 0 Å². The minimum Gasteiger partial charge on any atom is -0.361 e. The van der Waals surface area contributed by atoms with Crippen LogP contribution in [0.1, 0.15) is 23.4 Å². The number of halogens is 2. The van der Waals surface area contributed by atoms with Crippen LogP contribution < -0.4 is 5.73 Å². The van der Waals surface area contributed by atoms with E-state index < -0.39 is 0 Å². The van der Waals surface area contributed by atoms with Crippen LogP contribution in [0.25, 0.3) is 0 Å². The Hall–Kier alpha value is -0.470. The Morgan fingerprint density at radius 1 is 1.29 bits per heavy atom. The summed E-state index contributed by atoms with van der Waals surface area (Å²) in [4.78, 5) is 16.5. The number of rotatable bonds is 6. The molecule has 0 bridgehead atoms. The van der Waals surface area contributed by atoms with Crippen molar-refractivity contribution in [3.8, 4) is 0 Å². The van der Waals surface area contributed by atoms with Gasteiger partial charge in [-0.15, -0.1) is 24.8 Å². The van der Waals surface area contributed by atoms with Gasteiger partial charge in [0.15, 0.2) is 0 Å². The van der Waals surface area contributed by atoms with Crippen LogP contribution in [0.15, 0.2) is 4.52 Å². The number of thioether (sulfide) groups is 1. The van der Waals surface area contributed by atoms with E-state index in [1.807, 2.05) is 25.0 Å². The Kier molecular flexibility index (Phi) is 11.0. The number of nitrogens with zero attached hydrogens (tertiary/aromatic N) is 3. The number of carbonyl (C=O) groups excluding carboxylic acids is 1. The Morgan fingerprint density at radius 3 is 2.42 bits per heavy atom. The van der Waals surface area contributed by atoms with Crippen molar-refractivity contribution in [1.82, 2.24) is 15.0 Å². The zero-order valence-electron chi connectivity index (χ0n) is 14.5. The zero-order chi connectivity index (χ0) is 16.1. The van der Waals surface area contributed by atoms with E-state index in [0.29, 0.717) is 0 Å². The van der Waals surface area contributed by atoms with E-state index in [1.165, 1.54) is 0 Å². The molecule has 1 aliphatic heterocycles. The van der Waals surface area contributed by atoms with Crippen LogP contribution in [0, 0.1) is 13.8 Å². The summed E-state index contributed by atoms with van der Waals surface area (Å²) in [7, 11) is 0. The fraction of sp³-hybridized carbons (Fsp3) is 0.733. The lowest BCUT2D eigenvalue weighted by Crippen LogP contribution is -2.53. The third-order valence-corrected chi connectivity index (χ3v) is 4.84. The first-order valence-electron chi connectivity index (χ1n) is 7.70. The summed E-state index contributed by atoms with van der Waals surface area (Å²) in [5, 5.41) is 3.99. The SMILES string of the molecule is CSCC[C@H](N)C(=O)N1CCN(Cc2c(C)noc2C)CC1.Cl.Cl. The largest absolute Gasteiger partial charge is 0.361 e. The molecule has 0 saturated carbocycles. The van der Waals surface area contributed by atoms with Gasteiger partial charge >= 0.3 is 0 Å². The van der Waals surface area contributed by atoms with Crippen molar-refractivity contribution >= 4 is 42.5 Å². The molecular formula is C15H28Cl2N4O2S. The quantitative estimate of drug-likeness (QED) is 0.787. The molecule has 24 heavy (non-hydrogen) atoms. The van der Waals surface area contributed by atoms with Crippen molar-refractivity contribution in [2.75, 3.05) is 38.2 Å². The highest BCUT2D eigenvalue weighted by Gasteiger charge is 2.25. The number of hydrogen-bond donors (Lipinski definition) is 1. The lowest BCUT2D eigenvalue weighted by molar-refractivity contribution is -0.134. The molecule has 6 nitrogen and oxygen atoms in total. The average molecular weight is 399 g/mol. The van der Waals surface area contributed by atoms with Crippen molar-refractivity contribution in [2.24, 2.45) is 5.73 Å². The van der Waals surface area contributed by atoms with E-state index in [-0.39, 0.29) is 36.8 Å². The van der Waals surface area contributed by atoms with Gasteiger partial charge in [-0.05, 0) is 32.3 Å². The van der Waals surface area contributed by atoms with E-state index in [9.17, 15) is 4.79 Å². The second kappa shape index (κ2) is 11.2. The molecule has 0 spiro atoms. The summed E-state index contributed by atoms with van der Waals surface area (Å²) in [5.74, 6) is 1.90. The highest BCUT2D eigenvalue weighted by molar-refractivity contribution is 7.98. The zero-order valence-corrected chi connectivity index (χ0v) is 16.9. The number of piperazine rings is 1. The summed E-state index contributed by atoms with van der Waals surface area (Å²) < 4.78 is 5.21. The minimum absolute atomic E-state index is 0. The van der Waals surface area contributed by atoms with Crippen LogP contribution in [-0.2, 0) is 11.3 Å². The topological polar surface area (TPSA) is 75.6 Å². The van der Waals surface area contributed by atoms with E-state index >= 15 is 0 Å². The van der Waals surface area contributed by atoms with Crippen molar-refractivity contribution in [1.29, 1.82) is 0 Å². The summed E-state index contributed by atoms with van der Waals surface area (Å²) in [6.45, 7) is 7.97. The molecule has 0 unspecified atom stereocenters. The molecule has 1 atom stereocenters. The molecule has 2 rings (SSSR count). The van der Waals surface area contributed by atoms with Crippen LogP contribution >= 0.6 is 36.6 Å². The third-order valence-electron chi connectivity index (χ3n) is 4.20. The lowest BCUT2D eigenvalue weighted by Gasteiger charge is -2.35. The molecule has 140 valence electrons. The summed E-state index contributed by atoms with van der Waals surface area (Å²) >= 11 is 1.73. The van der Waals surface area contributed by atoms with E-state index in [4.69, 9.17) is 10.3 Å². The number of aromatic nitrogens is 1. The molecule has 0 radical (unpaired) electrons. The van der Waals surface area contributed by atoms with Crippen molar-refractivity contribution in [2.45, 2.75) is 32.9 Å². The fourth-order valence-corrected chi connectivity index (χ4v) is 3.17. The second-order valence-electron chi connectivity index (χ2n) is 5.79. The van der Waals surface area contributed by atoms with Gasteiger partial charge < -0.3 is 15.2 Å². The number of amides is 1. The molecule has 1 aromatic rings. The predicted molar refractivity (Wildman–Crippen MR) is 103 cm³/mol. The first-order chi connectivity index (χ1) is 10.5. The minimum atomic E-state index is -0.360. The molecule has 1 amide bonds. The Balaban J connectivity index is 0.00000264. The van der Waals surface area contributed by atoms with Gasteiger partial charge in [-0.25, -0.2) is 0 Å². The molecular weight excluding hydrogens is 371 g/mol. The highest BCUT2D eigenvalue weighted by atomic mass is 35.5. The molecule has 1 aromatic heterocycles. The molecule has 0 aromatic carbocycles. The number of nitrogens with two attached hydrogens (primary N) is 1. The highest BCUT2D eigenvalue weighted by Crippen LogP contribution is 2.16. The van der Waals surface area contributed by atoms with Gasteiger partial charge in [-0.2, -0.15) is 11.8 Å². The lowest BCUT2D eigenvalue weighted by atomic mass is 10.1. The van der Waals surface area contributed by atoms with Crippen LogP contribution in [-0.4, -0.2) is 65.1 Å². The van der Waals surface area contributed by atoms with Gasteiger partial charge in [0, 0.05) is 38.3 Å². The van der Waals surface area contributed by atoms with E-state index in [2.05, 4.69) is 10.1 Å². The molecule has 1 aliphatic rings. The first kappa shape index (κ1) is 23.5. The van der Waals surface area contributed by atoms with Crippen molar-refractivity contribution in [3.05, 3.63) is 17.0 Å². The van der Waals surface area contributed by atoms with Gasteiger partial charge in [0.2, 0.25) is 5.91 Å². The fourth-order valence-electron chi connectivity index (χ4n) is 2.68. The molecule has 0 aliphatic carbocycles. The number of carbonyl (C=O) groups is 1. The monoisotopic (exact) mass is 398 g/mol. The molecule has 2 N–H and O–H groups in total. The first-order valence-corrected chi connectivity index (χ1v) is 9.09. The number of hydrogen-bond acceptors (Lipinski definition) is 6. The van der Waals surface area contributed by atoms with Crippen molar-refractivity contribution < 1.29 is 9.32 Å². The molecule has 1 saturated heterocycles. The second-order valence-corrected chi connectivity index (χ2v) is 6.78. The smallest absolute Gasteiger partial charge is 0.239 e. The standard InChI is InChI=1S/C15H26N4O2S.2ClH/c1-11-13(12(2)21-17-11)10-18-5-7-19(8-6-18)15(20)14(16)4-9-22-3;;/h14H,4-10,16H2,1-3H3;2*1H/t14-;;/m0../s1. The van der Waals surface area contributed by atoms with E-state index in [1.54, 1.807) is 11.8 Å². The molecule has 2 heterocycles. The number of aryl methyl sites for hydroxylation is 2. The maximum absolute atomic E-state index is 12.3.